The van der Waals surface area contributed by atoms with Crippen LogP contribution in [-0.4, -0.2) is 26.1 Å². The molecule has 1 amide bonds. The number of anilines is 1. The molecule has 2 N–H and O–H groups in total. The normalized spacial score (nSPS) is 15.5. The third kappa shape index (κ3) is 2.00. The van der Waals surface area contributed by atoms with Gasteiger partial charge in [0, 0.05) is 19.0 Å². The minimum Gasteiger partial charge on any atom is -0.482 e. The third-order valence-corrected chi connectivity index (χ3v) is 3.34. The molecule has 92 valence electrons. The second kappa shape index (κ2) is 4.04. The molecule has 0 spiro atoms. The smallest absolute Gasteiger partial charge is 0.264 e. The molecule has 1 aliphatic heterocycles. The molecule has 1 heterocycles. The first-order chi connectivity index (χ1) is 7.95. The molecule has 1 aliphatic rings. The summed E-state index contributed by atoms with van der Waals surface area (Å²) in [6, 6.07) is 5.90. The van der Waals surface area contributed by atoms with Gasteiger partial charge in [0.15, 0.2) is 6.61 Å². The summed E-state index contributed by atoms with van der Waals surface area (Å²) in [6.45, 7) is 4.84. The zero-order valence-electron chi connectivity index (χ0n) is 10.5. The zero-order valence-corrected chi connectivity index (χ0v) is 10.5. The van der Waals surface area contributed by atoms with E-state index in [4.69, 9.17) is 10.5 Å². The topological polar surface area (TPSA) is 55.6 Å². The summed E-state index contributed by atoms with van der Waals surface area (Å²) in [6.07, 6.45) is 0. The van der Waals surface area contributed by atoms with E-state index in [0.29, 0.717) is 6.54 Å². The second-order valence-corrected chi connectivity index (χ2v) is 5.01. The molecule has 0 saturated carbocycles. The number of ether oxygens (including phenoxy) is 1. The quantitative estimate of drug-likeness (QED) is 0.838. The van der Waals surface area contributed by atoms with Gasteiger partial charge < -0.3 is 15.4 Å². The van der Waals surface area contributed by atoms with Crippen LogP contribution in [0, 0.1) is 0 Å². The summed E-state index contributed by atoms with van der Waals surface area (Å²) in [5.74, 6) is 0.726. The molecule has 1 aromatic rings. The van der Waals surface area contributed by atoms with Gasteiger partial charge in [-0.15, -0.1) is 0 Å². The van der Waals surface area contributed by atoms with Crippen molar-refractivity contribution >= 4 is 11.6 Å². The summed E-state index contributed by atoms with van der Waals surface area (Å²) in [5.41, 5.74) is 7.60. The Kier molecular flexibility index (Phi) is 2.83. The molecule has 4 heteroatoms. The zero-order chi connectivity index (χ0) is 12.6. The number of rotatable bonds is 2. The summed E-state index contributed by atoms with van der Waals surface area (Å²) in [5, 5.41) is 0. The fraction of sp³-hybridized carbons (Fsp3) is 0.462. The fourth-order valence-corrected chi connectivity index (χ4v) is 1.81. The predicted octanol–water partition coefficient (Wildman–Crippen LogP) is 1.28. The van der Waals surface area contributed by atoms with Gasteiger partial charge in [-0.3, -0.25) is 4.79 Å². The summed E-state index contributed by atoms with van der Waals surface area (Å²) < 4.78 is 5.38. The minimum absolute atomic E-state index is 0.0276. The van der Waals surface area contributed by atoms with Crippen molar-refractivity contribution in [2.75, 3.05) is 25.1 Å². The standard InChI is InChI=1S/C13H18N2O2/c1-13(2,8-14)9-4-5-11-10(6-9)15(3)12(16)7-17-11/h4-6H,7-8,14H2,1-3H3. The van der Waals surface area contributed by atoms with Gasteiger partial charge in [-0.05, 0) is 17.7 Å². The van der Waals surface area contributed by atoms with Crippen LogP contribution in [-0.2, 0) is 10.2 Å². The van der Waals surface area contributed by atoms with Crippen LogP contribution in [0.5, 0.6) is 5.75 Å². The Morgan fingerprint density at radius 1 is 1.47 bits per heavy atom. The van der Waals surface area contributed by atoms with E-state index >= 15 is 0 Å². The maximum atomic E-state index is 11.6. The number of carbonyl (C=O) groups is 1. The molecule has 17 heavy (non-hydrogen) atoms. The molecule has 0 fully saturated rings. The van der Waals surface area contributed by atoms with Gasteiger partial charge in [0.05, 0.1) is 5.69 Å². The van der Waals surface area contributed by atoms with Crippen molar-refractivity contribution in [3.05, 3.63) is 23.8 Å². The molecule has 2 rings (SSSR count). The SMILES string of the molecule is CN1C(=O)COc2ccc(C(C)(C)CN)cc21. The molecule has 4 nitrogen and oxygen atoms in total. The second-order valence-electron chi connectivity index (χ2n) is 5.01. The van der Waals surface area contributed by atoms with Crippen molar-refractivity contribution < 1.29 is 9.53 Å². The van der Waals surface area contributed by atoms with Gasteiger partial charge in [-0.25, -0.2) is 0 Å². The van der Waals surface area contributed by atoms with Crippen LogP contribution in [0.3, 0.4) is 0 Å². The Morgan fingerprint density at radius 3 is 2.82 bits per heavy atom. The lowest BCUT2D eigenvalue weighted by molar-refractivity contribution is -0.120. The molecule has 0 saturated heterocycles. The van der Waals surface area contributed by atoms with Gasteiger partial charge in [0.2, 0.25) is 0 Å². The fourth-order valence-electron chi connectivity index (χ4n) is 1.81. The summed E-state index contributed by atoms with van der Waals surface area (Å²) in [4.78, 5) is 13.2. The van der Waals surface area contributed by atoms with Crippen LogP contribution >= 0.6 is 0 Å². The Hall–Kier alpha value is -1.55. The predicted molar refractivity (Wildman–Crippen MR) is 67.4 cm³/mol. The molecule has 0 atom stereocenters. The van der Waals surface area contributed by atoms with Gasteiger partial charge in [0.25, 0.3) is 5.91 Å². The average Bonchev–Trinajstić information content (AvgIpc) is 2.33. The molecule has 0 unspecified atom stereocenters. The highest BCUT2D eigenvalue weighted by molar-refractivity contribution is 5.97. The Bertz CT molecular complexity index is 455. The van der Waals surface area contributed by atoms with Crippen molar-refractivity contribution in [3.8, 4) is 5.75 Å². The lowest BCUT2D eigenvalue weighted by atomic mass is 9.84. The van der Waals surface area contributed by atoms with Gasteiger partial charge in [-0.2, -0.15) is 0 Å². The molecule has 0 radical (unpaired) electrons. The van der Waals surface area contributed by atoms with Crippen LogP contribution in [0.4, 0.5) is 5.69 Å². The number of amides is 1. The maximum Gasteiger partial charge on any atom is 0.264 e. The Labute approximate surface area is 101 Å². The van der Waals surface area contributed by atoms with Crippen molar-refractivity contribution in [2.24, 2.45) is 5.73 Å². The lowest BCUT2D eigenvalue weighted by Gasteiger charge is -2.29. The van der Waals surface area contributed by atoms with E-state index in [0.717, 1.165) is 17.0 Å². The summed E-state index contributed by atoms with van der Waals surface area (Å²) >= 11 is 0. The third-order valence-electron chi connectivity index (χ3n) is 3.34. The van der Waals surface area contributed by atoms with E-state index in [-0.39, 0.29) is 17.9 Å². The number of carbonyl (C=O) groups excluding carboxylic acids is 1. The van der Waals surface area contributed by atoms with Crippen LogP contribution in [0.15, 0.2) is 18.2 Å². The van der Waals surface area contributed by atoms with Crippen molar-refractivity contribution in [1.82, 2.24) is 0 Å². The van der Waals surface area contributed by atoms with Crippen LogP contribution in [0.1, 0.15) is 19.4 Å². The first-order valence-electron chi connectivity index (χ1n) is 5.69. The number of benzene rings is 1. The van der Waals surface area contributed by atoms with E-state index in [9.17, 15) is 4.79 Å². The van der Waals surface area contributed by atoms with E-state index in [2.05, 4.69) is 13.8 Å². The van der Waals surface area contributed by atoms with Crippen LogP contribution < -0.4 is 15.4 Å². The molecule has 1 aromatic carbocycles. The summed E-state index contributed by atoms with van der Waals surface area (Å²) in [7, 11) is 1.77. The van der Waals surface area contributed by atoms with E-state index in [1.807, 2.05) is 18.2 Å². The van der Waals surface area contributed by atoms with Gasteiger partial charge in [0.1, 0.15) is 5.75 Å². The van der Waals surface area contributed by atoms with Gasteiger partial charge >= 0.3 is 0 Å². The average molecular weight is 234 g/mol. The monoisotopic (exact) mass is 234 g/mol. The Balaban J connectivity index is 2.46. The van der Waals surface area contributed by atoms with Crippen molar-refractivity contribution in [1.29, 1.82) is 0 Å². The lowest BCUT2D eigenvalue weighted by Crippen LogP contribution is -2.36. The highest BCUT2D eigenvalue weighted by Gasteiger charge is 2.25. The number of likely N-dealkylation sites (N-methyl/N-ethyl adjacent to an activating group) is 1. The number of hydrogen-bond donors (Lipinski definition) is 1. The number of nitrogens with two attached hydrogens (primary N) is 1. The van der Waals surface area contributed by atoms with E-state index < -0.39 is 0 Å². The molecular weight excluding hydrogens is 216 g/mol. The molecule has 0 bridgehead atoms. The first kappa shape index (κ1) is 11.9. The molecule has 0 aromatic heterocycles. The number of hydrogen-bond acceptors (Lipinski definition) is 3. The molecular formula is C13H18N2O2. The van der Waals surface area contributed by atoms with Crippen molar-refractivity contribution in [2.45, 2.75) is 19.3 Å². The first-order valence-corrected chi connectivity index (χ1v) is 5.69. The maximum absolute atomic E-state index is 11.6. The Morgan fingerprint density at radius 2 is 2.18 bits per heavy atom. The highest BCUT2D eigenvalue weighted by Crippen LogP contribution is 2.35. The van der Waals surface area contributed by atoms with Crippen LogP contribution in [0.25, 0.3) is 0 Å². The molecule has 0 aliphatic carbocycles. The largest absolute Gasteiger partial charge is 0.482 e. The number of fused-ring (bicyclic) bond motifs is 1. The van der Waals surface area contributed by atoms with Gasteiger partial charge in [-0.1, -0.05) is 19.9 Å². The van der Waals surface area contributed by atoms with E-state index in [1.54, 1.807) is 11.9 Å². The van der Waals surface area contributed by atoms with Crippen molar-refractivity contribution in [3.63, 3.8) is 0 Å². The number of nitrogens with zero attached hydrogens (tertiary/aromatic N) is 1. The minimum atomic E-state index is -0.101. The van der Waals surface area contributed by atoms with E-state index in [1.165, 1.54) is 0 Å². The highest BCUT2D eigenvalue weighted by atomic mass is 16.5. The van der Waals surface area contributed by atoms with Crippen LogP contribution in [0.2, 0.25) is 0 Å².